The Kier molecular flexibility index (Phi) is 6.04. The minimum Gasteiger partial charge on any atom is -0.293 e. The first-order chi connectivity index (χ1) is 11.3. The lowest BCUT2D eigenvalue weighted by Crippen LogP contribution is -2.13. The van der Waals surface area contributed by atoms with Gasteiger partial charge in [-0.2, -0.15) is 0 Å². The fraction of sp³-hybridized carbons (Fsp3) is 0.125. The molecule has 0 radical (unpaired) electrons. The average Bonchev–Trinajstić information content (AvgIpc) is 2.54. The number of ketones is 1. The van der Waals surface area contributed by atoms with Crippen molar-refractivity contribution in [2.45, 2.75) is 11.8 Å². The topological polar surface area (TPSA) is 80.3 Å². The molecule has 0 saturated carbocycles. The van der Waals surface area contributed by atoms with Crippen LogP contribution in [0, 0.1) is 0 Å². The van der Waals surface area contributed by atoms with Crippen molar-refractivity contribution < 1.29 is 18.0 Å². The van der Waals surface area contributed by atoms with E-state index < -0.39 is 10.0 Å². The highest BCUT2D eigenvalue weighted by atomic mass is 35.5. The normalized spacial score (nSPS) is 11.1. The minimum atomic E-state index is -3.81. The summed E-state index contributed by atoms with van der Waals surface area (Å²) in [6.07, 6.45) is 0. The van der Waals surface area contributed by atoms with E-state index in [0.717, 1.165) is 11.8 Å². The Morgan fingerprint density at radius 3 is 2.29 bits per heavy atom. The van der Waals surface area contributed by atoms with Gasteiger partial charge in [0.15, 0.2) is 10.9 Å². The zero-order chi connectivity index (χ0) is 17.7. The number of anilines is 1. The van der Waals surface area contributed by atoms with E-state index >= 15 is 0 Å². The number of nitrogens with one attached hydrogen (secondary N) is 1. The first-order valence-corrected chi connectivity index (χ1v) is 9.68. The molecule has 0 bridgehead atoms. The van der Waals surface area contributed by atoms with Crippen LogP contribution in [-0.2, 0) is 14.8 Å². The summed E-state index contributed by atoms with van der Waals surface area (Å²) >= 11 is 6.86. The Labute approximate surface area is 149 Å². The first-order valence-electron chi connectivity index (χ1n) is 6.83. The van der Waals surface area contributed by atoms with Crippen molar-refractivity contribution in [3.8, 4) is 0 Å². The fourth-order valence-corrected chi connectivity index (χ4v) is 3.64. The highest BCUT2D eigenvalue weighted by Crippen LogP contribution is 2.24. The zero-order valence-electron chi connectivity index (χ0n) is 12.7. The molecule has 24 heavy (non-hydrogen) atoms. The van der Waals surface area contributed by atoms with E-state index in [2.05, 4.69) is 4.72 Å². The molecule has 0 aromatic heterocycles. The van der Waals surface area contributed by atoms with E-state index in [-0.39, 0.29) is 32.3 Å². The van der Waals surface area contributed by atoms with Gasteiger partial charge in [0.05, 0.1) is 21.4 Å². The standard InChI is InChI=1S/C16H14ClNO4S2/c1-11(19)23-10-16(20)12-6-8-13(9-7-12)24(21,22)18-15-5-3-2-4-14(15)17/h2-9,18H,10H2,1H3. The number of benzene rings is 2. The summed E-state index contributed by atoms with van der Waals surface area (Å²) in [6.45, 7) is 1.38. The number of hydrogen-bond acceptors (Lipinski definition) is 5. The maximum absolute atomic E-state index is 12.3. The molecule has 2 aromatic carbocycles. The molecule has 2 aromatic rings. The number of Topliss-reactive ketones (excluding diaryl/α,β-unsaturated/α-hetero) is 1. The van der Waals surface area contributed by atoms with E-state index in [0.29, 0.717) is 5.56 Å². The lowest BCUT2D eigenvalue weighted by Gasteiger charge is -2.10. The van der Waals surface area contributed by atoms with Crippen molar-refractivity contribution in [2.75, 3.05) is 10.5 Å². The summed E-state index contributed by atoms with van der Waals surface area (Å²) < 4.78 is 27.1. The van der Waals surface area contributed by atoms with Gasteiger partial charge in [0.1, 0.15) is 0 Å². The Balaban J connectivity index is 2.16. The lowest BCUT2D eigenvalue weighted by molar-refractivity contribution is -0.109. The molecule has 0 aliphatic heterocycles. The van der Waals surface area contributed by atoms with Crippen molar-refractivity contribution in [3.63, 3.8) is 0 Å². The van der Waals surface area contributed by atoms with Crippen LogP contribution in [0.5, 0.6) is 0 Å². The first kappa shape index (κ1) is 18.5. The van der Waals surface area contributed by atoms with E-state index in [4.69, 9.17) is 11.6 Å². The number of carbonyl (C=O) groups excluding carboxylic acids is 2. The fourth-order valence-electron chi connectivity index (χ4n) is 1.82. The van der Waals surface area contributed by atoms with E-state index in [1.807, 2.05) is 0 Å². The molecule has 0 atom stereocenters. The summed E-state index contributed by atoms with van der Waals surface area (Å²) in [5.74, 6) is -0.211. The van der Waals surface area contributed by atoms with Crippen LogP contribution in [0.3, 0.4) is 0 Å². The molecule has 0 unspecified atom stereocenters. The summed E-state index contributed by atoms with van der Waals surface area (Å²) in [5.41, 5.74) is 0.623. The predicted molar refractivity (Wildman–Crippen MR) is 96.2 cm³/mol. The van der Waals surface area contributed by atoms with Gasteiger partial charge in [-0.3, -0.25) is 14.3 Å². The molecule has 0 amide bonds. The summed E-state index contributed by atoms with van der Waals surface area (Å²) in [7, 11) is -3.81. The van der Waals surface area contributed by atoms with Crippen molar-refractivity contribution >= 4 is 50.0 Å². The monoisotopic (exact) mass is 383 g/mol. The predicted octanol–water partition coefficient (Wildman–Crippen LogP) is 3.60. The highest BCUT2D eigenvalue weighted by Gasteiger charge is 2.16. The van der Waals surface area contributed by atoms with Gasteiger partial charge in [-0.25, -0.2) is 8.42 Å². The molecular weight excluding hydrogens is 370 g/mol. The van der Waals surface area contributed by atoms with Crippen LogP contribution in [0.15, 0.2) is 53.4 Å². The smallest absolute Gasteiger partial charge is 0.261 e. The molecular formula is C16H14ClNO4S2. The molecule has 0 aliphatic carbocycles. The molecule has 2 rings (SSSR count). The second-order valence-electron chi connectivity index (χ2n) is 4.81. The SMILES string of the molecule is CC(=O)SCC(=O)c1ccc(S(=O)(=O)Nc2ccccc2Cl)cc1. The third-order valence-corrected chi connectivity index (χ3v) is 5.54. The Morgan fingerprint density at radius 1 is 1.08 bits per heavy atom. The van der Waals surface area contributed by atoms with E-state index in [1.54, 1.807) is 24.3 Å². The maximum Gasteiger partial charge on any atom is 0.261 e. The second-order valence-corrected chi connectivity index (χ2v) is 8.06. The summed E-state index contributed by atoms with van der Waals surface area (Å²) in [4.78, 5) is 22.8. The molecule has 8 heteroatoms. The molecule has 5 nitrogen and oxygen atoms in total. The van der Waals surface area contributed by atoms with Gasteiger partial charge >= 0.3 is 0 Å². The molecule has 1 N–H and O–H groups in total. The largest absolute Gasteiger partial charge is 0.293 e. The van der Waals surface area contributed by atoms with E-state index in [9.17, 15) is 18.0 Å². The van der Waals surface area contributed by atoms with Crippen LogP contribution in [0.4, 0.5) is 5.69 Å². The number of hydrogen-bond donors (Lipinski definition) is 1. The Hall–Kier alpha value is -1.83. The summed E-state index contributed by atoms with van der Waals surface area (Å²) in [5, 5.41) is 0.139. The third-order valence-electron chi connectivity index (χ3n) is 3.01. The molecule has 0 heterocycles. The van der Waals surface area contributed by atoms with Gasteiger partial charge in [0.25, 0.3) is 10.0 Å². The minimum absolute atomic E-state index is 0.0122. The number of rotatable bonds is 6. The van der Waals surface area contributed by atoms with Gasteiger partial charge in [-0.1, -0.05) is 47.6 Å². The molecule has 126 valence electrons. The van der Waals surface area contributed by atoms with Gasteiger partial charge in [-0.15, -0.1) is 0 Å². The molecule has 0 saturated heterocycles. The van der Waals surface area contributed by atoms with Gasteiger partial charge in [0.2, 0.25) is 0 Å². The van der Waals surface area contributed by atoms with Crippen LogP contribution in [0.2, 0.25) is 5.02 Å². The van der Waals surface area contributed by atoms with Crippen LogP contribution in [-0.4, -0.2) is 25.1 Å². The van der Waals surface area contributed by atoms with Crippen LogP contribution in [0.1, 0.15) is 17.3 Å². The second kappa shape index (κ2) is 7.83. The van der Waals surface area contributed by atoms with Crippen molar-refractivity contribution in [1.29, 1.82) is 0 Å². The van der Waals surface area contributed by atoms with Crippen molar-refractivity contribution in [2.24, 2.45) is 0 Å². The number of sulfonamides is 1. The Bertz CT molecular complexity index is 864. The van der Waals surface area contributed by atoms with Crippen molar-refractivity contribution in [3.05, 3.63) is 59.1 Å². The summed E-state index contributed by atoms with van der Waals surface area (Å²) in [6, 6.07) is 12.0. The van der Waals surface area contributed by atoms with Crippen molar-refractivity contribution in [1.82, 2.24) is 0 Å². The number of carbonyl (C=O) groups is 2. The third kappa shape index (κ3) is 4.83. The van der Waals surface area contributed by atoms with Gasteiger partial charge in [0, 0.05) is 12.5 Å². The Morgan fingerprint density at radius 2 is 1.71 bits per heavy atom. The van der Waals surface area contributed by atoms with Crippen LogP contribution >= 0.6 is 23.4 Å². The number of thioether (sulfide) groups is 1. The average molecular weight is 384 g/mol. The maximum atomic E-state index is 12.3. The number of halogens is 1. The molecule has 0 fully saturated rings. The zero-order valence-corrected chi connectivity index (χ0v) is 15.0. The number of para-hydroxylation sites is 1. The molecule has 0 spiro atoms. The van der Waals surface area contributed by atoms with Gasteiger partial charge < -0.3 is 0 Å². The highest BCUT2D eigenvalue weighted by molar-refractivity contribution is 8.14. The molecule has 0 aliphatic rings. The van der Waals surface area contributed by atoms with E-state index in [1.165, 1.54) is 31.2 Å². The van der Waals surface area contributed by atoms with Crippen LogP contribution < -0.4 is 4.72 Å². The van der Waals surface area contributed by atoms with Crippen LogP contribution in [0.25, 0.3) is 0 Å². The lowest BCUT2D eigenvalue weighted by atomic mass is 10.1. The van der Waals surface area contributed by atoms with Gasteiger partial charge in [-0.05, 0) is 24.3 Å². The quantitative estimate of drug-likeness (QED) is 0.771.